The second-order valence-corrected chi connectivity index (χ2v) is 4.84. The molecule has 1 amide bonds. The minimum absolute atomic E-state index is 0.00131. The highest BCUT2D eigenvalue weighted by Gasteiger charge is 2.40. The summed E-state index contributed by atoms with van der Waals surface area (Å²) in [6, 6.07) is 0.00131. The molecule has 0 fully saturated rings. The lowest BCUT2D eigenvalue weighted by molar-refractivity contribution is -0.139. The van der Waals surface area contributed by atoms with Crippen LogP contribution in [0, 0.1) is 5.41 Å². The van der Waals surface area contributed by atoms with Crippen molar-refractivity contribution in [3.05, 3.63) is 0 Å². The lowest BCUT2D eigenvalue weighted by Crippen LogP contribution is -2.52. The molecule has 0 aliphatic rings. The van der Waals surface area contributed by atoms with E-state index in [0.717, 1.165) is 0 Å². The second-order valence-electron chi connectivity index (χ2n) is 4.84. The van der Waals surface area contributed by atoms with E-state index in [1.807, 2.05) is 20.8 Å². The number of rotatable bonds is 7. The first-order chi connectivity index (χ1) is 8.34. The van der Waals surface area contributed by atoms with Crippen LogP contribution in [0.25, 0.3) is 0 Å². The summed E-state index contributed by atoms with van der Waals surface area (Å²) < 4.78 is 0. The van der Waals surface area contributed by atoms with Crippen molar-refractivity contribution in [3.8, 4) is 0 Å². The van der Waals surface area contributed by atoms with Crippen molar-refractivity contribution in [3.63, 3.8) is 0 Å². The quantitative estimate of drug-likeness (QED) is 0.272. The number of hydrogen-bond acceptors (Lipinski definition) is 4. The van der Waals surface area contributed by atoms with Crippen LogP contribution in [0.3, 0.4) is 0 Å². The normalized spacial score (nSPS) is 15.6. The molecule has 6 nitrogen and oxygen atoms in total. The predicted molar refractivity (Wildman–Crippen MR) is 70.4 cm³/mol. The first kappa shape index (κ1) is 16.7. The average molecular weight is 259 g/mol. The molecule has 106 valence electrons. The van der Waals surface area contributed by atoms with Gasteiger partial charge < -0.3 is 20.9 Å². The van der Waals surface area contributed by atoms with Gasteiger partial charge in [0.2, 0.25) is 5.91 Å². The summed E-state index contributed by atoms with van der Waals surface area (Å²) in [5.41, 5.74) is 4.63. The molecule has 0 radical (unpaired) electrons. The molecule has 18 heavy (non-hydrogen) atoms. The van der Waals surface area contributed by atoms with Gasteiger partial charge >= 0.3 is 0 Å². The molecule has 0 aliphatic heterocycles. The highest BCUT2D eigenvalue weighted by atomic mass is 16.4. The average Bonchev–Trinajstić information content (AvgIpc) is 2.36. The van der Waals surface area contributed by atoms with Gasteiger partial charge in [-0.25, -0.2) is 0 Å². The molecule has 0 spiro atoms. The van der Waals surface area contributed by atoms with Gasteiger partial charge in [0.1, 0.15) is 5.41 Å². The lowest BCUT2D eigenvalue weighted by Gasteiger charge is -2.35. The monoisotopic (exact) mass is 259 g/mol. The number of hydrogen-bond donors (Lipinski definition) is 3. The zero-order chi connectivity index (χ0) is 14.3. The van der Waals surface area contributed by atoms with E-state index in [9.17, 15) is 4.79 Å². The topological polar surface area (TPSA) is 99.2 Å². The Hall–Kier alpha value is -1.30. The molecule has 1 atom stereocenters. The van der Waals surface area contributed by atoms with Crippen LogP contribution in [-0.2, 0) is 4.79 Å². The van der Waals surface area contributed by atoms with E-state index in [4.69, 9.17) is 16.0 Å². The molecule has 0 aromatic rings. The molecule has 0 aromatic carbocycles. The van der Waals surface area contributed by atoms with E-state index < -0.39 is 5.41 Å². The number of carbonyl (C=O) groups excluding carboxylic acids is 1. The summed E-state index contributed by atoms with van der Waals surface area (Å²) in [6.07, 6.45) is 0.962. The Bertz CT molecular complexity index is 305. The van der Waals surface area contributed by atoms with Crippen LogP contribution in [0.5, 0.6) is 0 Å². The fourth-order valence-electron chi connectivity index (χ4n) is 1.70. The summed E-state index contributed by atoms with van der Waals surface area (Å²) in [4.78, 5) is 14.2. The standard InChI is InChI=1S/C12H25N3O3/c1-5-12(4,10(13)14-18)11(17)15(9(2)3)7-6-8-16/h9,16,18H,5-8H2,1-4H3,(H2,13,14). The van der Waals surface area contributed by atoms with Crippen LogP contribution >= 0.6 is 0 Å². The number of nitrogens with two attached hydrogens (primary N) is 1. The van der Waals surface area contributed by atoms with Gasteiger partial charge in [0.05, 0.1) is 0 Å². The third kappa shape index (κ3) is 3.60. The Morgan fingerprint density at radius 3 is 2.39 bits per heavy atom. The molecule has 6 heteroatoms. The number of nitrogens with zero attached hydrogens (tertiary/aromatic N) is 2. The van der Waals surface area contributed by atoms with Crippen LogP contribution in [0.1, 0.15) is 40.5 Å². The molecule has 0 aromatic heterocycles. The maximum atomic E-state index is 12.5. The van der Waals surface area contributed by atoms with Gasteiger partial charge in [0, 0.05) is 19.2 Å². The fraction of sp³-hybridized carbons (Fsp3) is 0.833. The maximum absolute atomic E-state index is 12.5. The first-order valence-electron chi connectivity index (χ1n) is 6.25. The van der Waals surface area contributed by atoms with Gasteiger partial charge in [-0.3, -0.25) is 4.79 Å². The fourth-order valence-corrected chi connectivity index (χ4v) is 1.70. The van der Waals surface area contributed by atoms with Gasteiger partial charge in [0.25, 0.3) is 0 Å². The Kier molecular flexibility index (Phi) is 6.68. The van der Waals surface area contributed by atoms with Crippen molar-refractivity contribution in [2.75, 3.05) is 13.2 Å². The highest BCUT2D eigenvalue weighted by Crippen LogP contribution is 2.25. The molecular formula is C12H25N3O3. The number of aliphatic hydroxyl groups is 1. The first-order valence-corrected chi connectivity index (χ1v) is 6.25. The van der Waals surface area contributed by atoms with Crippen LogP contribution in [0.4, 0.5) is 0 Å². The molecular weight excluding hydrogens is 234 g/mol. The van der Waals surface area contributed by atoms with Crippen LogP contribution in [0.2, 0.25) is 0 Å². The maximum Gasteiger partial charge on any atom is 0.236 e. The Morgan fingerprint density at radius 2 is 2.06 bits per heavy atom. The molecule has 0 rings (SSSR count). The van der Waals surface area contributed by atoms with Crippen molar-refractivity contribution in [2.24, 2.45) is 16.3 Å². The van der Waals surface area contributed by atoms with Crippen molar-refractivity contribution >= 4 is 11.7 Å². The lowest BCUT2D eigenvalue weighted by atomic mass is 9.84. The van der Waals surface area contributed by atoms with Crippen molar-refractivity contribution in [1.29, 1.82) is 0 Å². The molecule has 1 unspecified atom stereocenters. The summed E-state index contributed by atoms with van der Waals surface area (Å²) in [7, 11) is 0. The van der Waals surface area contributed by atoms with Crippen LogP contribution in [-0.4, -0.2) is 46.1 Å². The van der Waals surface area contributed by atoms with Gasteiger partial charge in [-0.2, -0.15) is 0 Å². The Labute approximate surface area is 108 Å². The van der Waals surface area contributed by atoms with Crippen molar-refractivity contribution in [1.82, 2.24) is 4.90 Å². The molecule has 0 heterocycles. The van der Waals surface area contributed by atoms with Crippen LogP contribution < -0.4 is 5.73 Å². The van der Waals surface area contributed by atoms with Gasteiger partial charge in [-0.1, -0.05) is 12.1 Å². The third-order valence-electron chi connectivity index (χ3n) is 3.29. The smallest absolute Gasteiger partial charge is 0.236 e. The van der Waals surface area contributed by atoms with E-state index in [1.165, 1.54) is 0 Å². The molecule has 0 saturated heterocycles. The van der Waals surface area contributed by atoms with Gasteiger partial charge in [0.15, 0.2) is 5.84 Å². The summed E-state index contributed by atoms with van der Waals surface area (Å²) >= 11 is 0. The summed E-state index contributed by atoms with van der Waals surface area (Å²) in [5, 5.41) is 20.6. The number of carbonyl (C=O) groups is 1. The van der Waals surface area contributed by atoms with E-state index in [2.05, 4.69) is 5.16 Å². The van der Waals surface area contributed by atoms with Crippen molar-refractivity contribution < 1.29 is 15.1 Å². The minimum Gasteiger partial charge on any atom is -0.409 e. The van der Waals surface area contributed by atoms with E-state index in [0.29, 0.717) is 19.4 Å². The SMILES string of the molecule is CCC(C)(C(=O)N(CCCO)C(C)C)C(N)=NO. The molecule has 0 saturated carbocycles. The summed E-state index contributed by atoms with van der Waals surface area (Å²) in [5.74, 6) is -0.256. The molecule has 0 aliphatic carbocycles. The summed E-state index contributed by atoms with van der Waals surface area (Å²) in [6.45, 7) is 7.78. The Morgan fingerprint density at radius 1 is 1.50 bits per heavy atom. The second kappa shape index (κ2) is 7.20. The van der Waals surface area contributed by atoms with Crippen LogP contribution in [0.15, 0.2) is 5.16 Å². The number of amidine groups is 1. The Balaban J connectivity index is 5.15. The minimum atomic E-state index is -1.01. The number of amides is 1. The number of oxime groups is 1. The van der Waals surface area contributed by atoms with E-state index in [-0.39, 0.29) is 24.4 Å². The largest absolute Gasteiger partial charge is 0.409 e. The number of aliphatic hydroxyl groups excluding tert-OH is 1. The van der Waals surface area contributed by atoms with E-state index >= 15 is 0 Å². The zero-order valence-electron chi connectivity index (χ0n) is 11.7. The molecule has 4 N–H and O–H groups in total. The van der Waals surface area contributed by atoms with Gasteiger partial charge in [-0.05, 0) is 33.6 Å². The highest BCUT2D eigenvalue weighted by molar-refractivity contribution is 6.06. The predicted octanol–water partition coefficient (Wildman–Crippen LogP) is 0.769. The molecule has 0 bridgehead atoms. The van der Waals surface area contributed by atoms with Gasteiger partial charge in [-0.15, -0.1) is 0 Å². The third-order valence-corrected chi connectivity index (χ3v) is 3.29. The zero-order valence-corrected chi connectivity index (χ0v) is 11.7. The van der Waals surface area contributed by atoms with Crippen molar-refractivity contribution in [2.45, 2.75) is 46.6 Å². The van der Waals surface area contributed by atoms with E-state index in [1.54, 1.807) is 11.8 Å².